The van der Waals surface area contributed by atoms with Crippen LogP contribution in [-0.2, 0) is 6.61 Å². The molecule has 4 aromatic carbocycles. The summed E-state index contributed by atoms with van der Waals surface area (Å²) in [4.78, 5) is 0. The van der Waals surface area contributed by atoms with Crippen LogP contribution in [0.4, 0.5) is 5.69 Å². The Morgan fingerprint density at radius 2 is 1.42 bits per heavy atom. The second-order valence-electron chi connectivity index (χ2n) is 7.28. The molecule has 0 aliphatic carbocycles. The molecule has 0 spiro atoms. The van der Waals surface area contributed by atoms with E-state index in [1.54, 1.807) is 7.11 Å². The summed E-state index contributed by atoms with van der Waals surface area (Å²) in [5.41, 5.74) is 5.32. The molecule has 0 saturated carbocycles. The van der Waals surface area contributed by atoms with Gasteiger partial charge in [-0.15, -0.1) is 0 Å². The minimum atomic E-state index is 0.504. The molecule has 0 amide bonds. The zero-order valence-electron chi connectivity index (χ0n) is 17.9. The number of hydrogen-bond acceptors (Lipinski definition) is 2. The molecule has 4 aromatic rings. The fraction of sp³-hybridized carbons (Fsp3) is 0.107. The Hall–Kier alpha value is -3.85. The number of nitrogens with zero attached hydrogens (tertiary/aromatic N) is 1. The van der Waals surface area contributed by atoms with E-state index in [4.69, 9.17) is 9.47 Å². The van der Waals surface area contributed by atoms with E-state index in [-0.39, 0.29) is 0 Å². The third kappa shape index (κ3) is 4.84. The molecule has 0 aromatic heterocycles. The Kier molecular flexibility index (Phi) is 6.44. The molecule has 3 heteroatoms. The van der Waals surface area contributed by atoms with Crippen molar-refractivity contribution in [2.75, 3.05) is 14.2 Å². The number of hydrogen-bond donors (Lipinski definition) is 0. The maximum absolute atomic E-state index is 6.41. The molecule has 154 valence electrons. The summed E-state index contributed by atoms with van der Waals surface area (Å²) in [5.74, 6) is 1.69. The van der Waals surface area contributed by atoms with Gasteiger partial charge in [0.1, 0.15) is 19.4 Å². The fourth-order valence-electron chi connectivity index (χ4n) is 3.59. The normalized spacial score (nSPS) is 11.2. The molecule has 4 rings (SSSR count). The first-order valence-corrected chi connectivity index (χ1v) is 10.3. The van der Waals surface area contributed by atoms with Crippen LogP contribution in [0.1, 0.15) is 11.1 Å². The second kappa shape index (κ2) is 9.77. The van der Waals surface area contributed by atoms with Crippen LogP contribution >= 0.6 is 0 Å². The first kappa shape index (κ1) is 20.4. The van der Waals surface area contributed by atoms with Crippen LogP contribution in [0.3, 0.4) is 0 Å². The van der Waals surface area contributed by atoms with Crippen molar-refractivity contribution in [3.8, 4) is 22.6 Å². The minimum Gasteiger partial charge on any atom is -0.490 e. The van der Waals surface area contributed by atoms with E-state index in [1.165, 1.54) is 0 Å². The summed E-state index contributed by atoms with van der Waals surface area (Å²) in [6.07, 6.45) is 2.09. The van der Waals surface area contributed by atoms with E-state index in [0.29, 0.717) is 6.61 Å². The molecule has 0 fully saturated rings. The molecule has 0 heterocycles. The van der Waals surface area contributed by atoms with E-state index < -0.39 is 0 Å². The highest BCUT2D eigenvalue weighted by Gasteiger charge is 2.16. The molecule has 31 heavy (non-hydrogen) atoms. The molecule has 0 unspecified atom stereocenters. The molecule has 0 bridgehead atoms. The van der Waals surface area contributed by atoms with E-state index in [1.807, 2.05) is 67.7 Å². The number of rotatable bonds is 7. The molecule has 0 N–H and O–H groups in total. The summed E-state index contributed by atoms with van der Waals surface area (Å²) < 4.78 is 14.0. The van der Waals surface area contributed by atoms with Crippen LogP contribution < -0.4 is 9.47 Å². The van der Waals surface area contributed by atoms with Crippen molar-refractivity contribution in [3.63, 3.8) is 0 Å². The molecule has 0 atom stereocenters. The van der Waals surface area contributed by atoms with E-state index >= 15 is 0 Å². The molecule has 0 aliphatic heterocycles. The number of methoxy groups -OCH3 is 1. The first-order valence-electron chi connectivity index (χ1n) is 10.3. The van der Waals surface area contributed by atoms with Crippen molar-refractivity contribution in [1.82, 2.24) is 0 Å². The van der Waals surface area contributed by atoms with Gasteiger partial charge in [0.15, 0.2) is 12.0 Å². The van der Waals surface area contributed by atoms with Crippen LogP contribution in [0.15, 0.2) is 103 Å². The monoisotopic (exact) mass is 408 g/mol. The lowest BCUT2D eigenvalue weighted by atomic mass is 10.0. The van der Waals surface area contributed by atoms with Gasteiger partial charge in [-0.1, -0.05) is 84.9 Å². The standard InChI is InChI=1S/C28H26NO2/c1-29(26-18-9-10-19-27(26)30-2)20-24-16-11-17-25(23-14-7-4-8-15-23)28(24)31-21-22-12-5-3-6-13-22/h3-20H,21H2,1-2H3/q+1. The highest BCUT2D eigenvalue weighted by molar-refractivity contribution is 5.87. The largest absolute Gasteiger partial charge is 0.490 e. The quantitative estimate of drug-likeness (QED) is 0.263. The van der Waals surface area contributed by atoms with Gasteiger partial charge in [-0.25, -0.2) is 0 Å². The smallest absolute Gasteiger partial charge is 0.247 e. The van der Waals surface area contributed by atoms with Crippen LogP contribution in [0, 0.1) is 0 Å². The predicted molar refractivity (Wildman–Crippen MR) is 127 cm³/mol. The number of ether oxygens (including phenoxy) is 2. The topological polar surface area (TPSA) is 21.5 Å². The molecular formula is C28H26NO2+. The SMILES string of the molecule is COc1ccccc1[N+](C)=Cc1cccc(-c2ccccc2)c1OCc1ccccc1. The summed E-state index contributed by atoms with van der Waals surface area (Å²) >= 11 is 0. The zero-order chi connectivity index (χ0) is 21.5. The maximum atomic E-state index is 6.41. The van der Waals surface area contributed by atoms with Crippen molar-refractivity contribution in [2.24, 2.45) is 0 Å². The van der Waals surface area contributed by atoms with Gasteiger partial charge in [-0.05, 0) is 23.3 Å². The molecule has 3 nitrogen and oxygen atoms in total. The summed E-state index contributed by atoms with van der Waals surface area (Å²) in [6, 6.07) is 34.8. The van der Waals surface area contributed by atoms with Crippen molar-refractivity contribution in [2.45, 2.75) is 6.61 Å². The molecular weight excluding hydrogens is 382 g/mol. The number of para-hydroxylation sites is 3. The summed E-state index contributed by atoms with van der Waals surface area (Å²) in [5, 5.41) is 0. The molecule has 0 aliphatic rings. The average molecular weight is 409 g/mol. The lowest BCUT2D eigenvalue weighted by Gasteiger charge is -2.14. The van der Waals surface area contributed by atoms with Gasteiger partial charge in [0.25, 0.3) is 0 Å². The number of benzene rings is 4. The zero-order valence-corrected chi connectivity index (χ0v) is 17.9. The highest BCUT2D eigenvalue weighted by Crippen LogP contribution is 2.34. The Balaban J connectivity index is 1.78. The van der Waals surface area contributed by atoms with Crippen molar-refractivity contribution in [1.29, 1.82) is 0 Å². The average Bonchev–Trinajstić information content (AvgIpc) is 2.84. The van der Waals surface area contributed by atoms with Gasteiger partial charge in [-0.3, -0.25) is 0 Å². The molecule has 0 radical (unpaired) electrons. The van der Waals surface area contributed by atoms with Gasteiger partial charge in [0, 0.05) is 11.6 Å². The van der Waals surface area contributed by atoms with E-state index in [0.717, 1.165) is 39.4 Å². The lowest BCUT2D eigenvalue weighted by molar-refractivity contribution is -0.399. The van der Waals surface area contributed by atoms with Crippen LogP contribution in [0.5, 0.6) is 11.5 Å². The van der Waals surface area contributed by atoms with E-state index in [2.05, 4.69) is 53.3 Å². The van der Waals surface area contributed by atoms with Gasteiger partial charge in [-0.2, -0.15) is 4.58 Å². The van der Waals surface area contributed by atoms with Gasteiger partial charge in [0.05, 0.1) is 12.7 Å². The van der Waals surface area contributed by atoms with Crippen molar-refractivity contribution in [3.05, 3.63) is 114 Å². The highest BCUT2D eigenvalue weighted by atomic mass is 16.5. The van der Waals surface area contributed by atoms with Gasteiger partial charge >= 0.3 is 0 Å². The first-order chi connectivity index (χ1) is 15.3. The van der Waals surface area contributed by atoms with Gasteiger partial charge < -0.3 is 9.47 Å². The Morgan fingerprint density at radius 1 is 0.742 bits per heavy atom. The van der Waals surface area contributed by atoms with Crippen LogP contribution in [0.25, 0.3) is 11.1 Å². The van der Waals surface area contributed by atoms with E-state index in [9.17, 15) is 0 Å². The maximum Gasteiger partial charge on any atom is 0.247 e. The third-order valence-electron chi connectivity index (χ3n) is 5.15. The minimum absolute atomic E-state index is 0.504. The van der Waals surface area contributed by atoms with Crippen molar-refractivity contribution < 1.29 is 14.0 Å². The Morgan fingerprint density at radius 3 is 2.16 bits per heavy atom. The fourth-order valence-corrected chi connectivity index (χ4v) is 3.59. The van der Waals surface area contributed by atoms with Crippen molar-refractivity contribution >= 4 is 11.9 Å². The Labute approximate surface area is 183 Å². The van der Waals surface area contributed by atoms with Crippen LogP contribution in [-0.4, -0.2) is 24.9 Å². The predicted octanol–water partition coefficient (Wildman–Crippen LogP) is 6.33. The van der Waals surface area contributed by atoms with Gasteiger partial charge in [0.2, 0.25) is 5.69 Å². The lowest BCUT2D eigenvalue weighted by Crippen LogP contribution is -2.06. The van der Waals surface area contributed by atoms with Crippen LogP contribution in [0.2, 0.25) is 0 Å². The third-order valence-corrected chi connectivity index (χ3v) is 5.15. The molecule has 0 saturated heterocycles. The summed E-state index contributed by atoms with van der Waals surface area (Å²) in [7, 11) is 3.71. The second-order valence-corrected chi connectivity index (χ2v) is 7.28. The summed E-state index contributed by atoms with van der Waals surface area (Å²) in [6.45, 7) is 0.504. The Bertz CT molecular complexity index is 1170.